The second kappa shape index (κ2) is 12.1. The highest BCUT2D eigenvalue weighted by Gasteiger charge is 2.00. The van der Waals surface area contributed by atoms with Gasteiger partial charge in [-0.2, -0.15) is 10.5 Å². The molecular weight excluding hydrogens is 240 g/mol. The molecule has 0 aromatic heterocycles. The lowest BCUT2D eigenvalue weighted by molar-refractivity contribution is -0.234. The van der Waals surface area contributed by atoms with Gasteiger partial charge in [-0.3, -0.25) is 4.89 Å². The zero-order valence-corrected chi connectivity index (χ0v) is 10.3. The minimum absolute atomic E-state index is 0.252. The molecular formula is C12H20O6. The number of carbonyl (C=O) groups is 2. The highest BCUT2D eigenvalue weighted by molar-refractivity contribution is 5.81. The number of hydrogen-bond donors (Lipinski definition) is 2. The van der Waals surface area contributed by atoms with Crippen molar-refractivity contribution in [2.75, 3.05) is 0 Å². The van der Waals surface area contributed by atoms with Crippen LogP contribution >= 0.6 is 0 Å². The first kappa shape index (κ1) is 16.6. The molecule has 104 valence electrons. The maximum absolute atomic E-state index is 10.6. The fraction of sp³-hybridized carbons (Fsp3) is 0.667. The summed E-state index contributed by atoms with van der Waals surface area (Å²) in [5, 5.41) is 16.0. The Morgan fingerprint density at radius 3 is 2.11 bits per heavy atom. The molecule has 0 radical (unpaired) electrons. The van der Waals surface area contributed by atoms with Crippen LogP contribution in [-0.4, -0.2) is 22.5 Å². The van der Waals surface area contributed by atoms with Crippen LogP contribution < -0.4 is 0 Å². The highest BCUT2D eigenvalue weighted by Crippen LogP contribution is 2.09. The molecule has 0 heterocycles. The summed E-state index contributed by atoms with van der Waals surface area (Å²) in [5.74, 6) is -1.35. The summed E-state index contributed by atoms with van der Waals surface area (Å²) in [7, 11) is 0. The summed E-state index contributed by atoms with van der Waals surface area (Å²) >= 11 is 0. The number of hydrogen-bond acceptors (Lipinski definition) is 6. The van der Waals surface area contributed by atoms with Crippen LogP contribution in [0, 0.1) is 0 Å². The Morgan fingerprint density at radius 1 is 0.889 bits per heavy atom. The predicted octanol–water partition coefficient (Wildman–Crippen LogP) is 2.70. The van der Waals surface area contributed by atoms with Crippen molar-refractivity contribution in [2.45, 2.75) is 51.4 Å². The zero-order chi connectivity index (χ0) is 13.6. The summed E-state index contributed by atoms with van der Waals surface area (Å²) in [6.45, 7) is 0. The van der Waals surface area contributed by atoms with Gasteiger partial charge < -0.3 is 4.89 Å². The molecule has 0 unspecified atom stereocenters. The molecule has 0 saturated heterocycles. The van der Waals surface area contributed by atoms with Crippen LogP contribution in [0.5, 0.6) is 0 Å². The predicted molar refractivity (Wildman–Crippen MR) is 63.5 cm³/mol. The van der Waals surface area contributed by atoms with Crippen LogP contribution in [0.1, 0.15) is 51.4 Å². The third-order valence-electron chi connectivity index (χ3n) is 2.45. The molecule has 6 heteroatoms. The van der Waals surface area contributed by atoms with E-state index in [1.165, 1.54) is 6.08 Å². The van der Waals surface area contributed by atoms with Gasteiger partial charge in [-0.05, 0) is 19.3 Å². The standard InChI is InChI=1S/C12H20O6/c13-11(17-15)9-7-5-3-1-2-4-6-8-10-12(14)18-16/h7,9,15-16H,1-6,8,10H2. The highest BCUT2D eigenvalue weighted by atomic mass is 17.1. The lowest BCUT2D eigenvalue weighted by Crippen LogP contribution is -1.99. The topological polar surface area (TPSA) is 93.1 Å². The molecule has 0 atom stereocenters. The Kier molecular flexibility index (Phi) is 11.1. The minimum atomic E-state index is -0.759. The van der Waals surface area contributed by atoms with Crippen molar-refractivity contribution in [1.29, 1.82) is 0 Å². The molecule has 0 bridgehead atoms. The lowest BCUT2D eigenvalue weighted by atomic mass is 10.1. The SMILES string of the molecule is O=C(C=CCCCCCCCCC(=O)OO)OO. The van der Waals surface area contributed by atoms with Crippen LogP contribution in [0.25, 0.3) is 0 Å². The van der Waals surface area contributed by atoms with Gasteiger partial charge in [0.15, 0.2) is 0 Å². The van der Waals surface area contributed by atoms with Crippen molar-refractivity contribution in [3.8, 4) is 0 Å². The van der Waals surface area contributed by atoms with Crippen molar-refractivity contribution in [2.24, 2.45) is 0 Å². The van der Waals surface area contributed by atoms with Crippen molar-refractivity contribution in [3.63, 3.8) is 0 Å². The molecule has 0 aromatic rings. The Morgan fingerprint density at radius 2 is 1.50 bits per heavy atom. The van der Waals surface area contributed by atoms with E-state index in [-0.39, 0.29) is 6.42 Å². The molecule has 0 saturated carbocycles. The van der Waals surface area contributed by atoms with Crippen molar-refractivity contribution in [1.82, 2.24) is 0 Å². The van der Waals surface area contributed by atoms with E-state index >= 15 is 0 Å². The van der Waals surface area contributed by atoms with Gasteiger partial charge >= 0.3 is 11.9 Å². The average Bonchev–Trinajstić information content (AvgIpc) is 2.40. The molecule has 2 N–H and O–H groups in total. The van der Waals surface area contributed by atoms with Gasteiger partial charge in [-0.1, -0.05) is 31.8 Å². The van der Waals surface area contributed by atoms with E-state index in [9.17, 15) is 9.59 Å². The van der Waals surface area contributed by atoms with E-state index in [4.69, 9.17) is 10.5 Å². The van der Waals surface area contributed by atoms with E-state index in [1.807, 2.05) is 0 Å². The van der Waals surface area contributed by atoms with E-state index in [1.54, 1.807) is 6.08 Å². The lowest BCUT2D eigenvalue weighted by Gasteiger charge is -1.99. The minimum Gasteiger partial charge on any atom is -0.301 e. The number of unbranched alkanes of at least 4 members (excludes halogenated alkanes) is 6. The fourth-order valence-corrected chi connectivity index (χ4v) is 1.49. The molecule has 18 heavy (non-hydrogen) atoms. The zero-order valence-electron chi connectivity index (χ0n) is 10.3. The average molecular weight is 260 g/mol. The van der Waals surface area contributed by atoms with Crippen LogP contribution in [0.3, 0.4) is 0 Å². The number of allylic oxidation sites excluding steroid dienone is 1. The molecule has 0 fully saturated rings. The van der Waals surface area contributed by atoms with Crippen molar-refractivity contribution >= 4 is 11.9 Å². The maximum Gasteiger partial charge on any atom is 0.365 e. The summed E-state index contributed by atoms with van der Waals surface area (Å²) in [6.07, 6.45) is 9.64. The van der Waals surface area contributed by atoms with E-state index in [2.05, 4.69) is 9.78 Å². The van der Waals surface area contributed by atoms with Gasteiger partial charge in [-0.25, -0.2) is 9.59 Å². The summed E-state index contributed by atoms with van der Waals surface area (Å²) in [5.41, 5.74) is 0. The Labute approximate surface area is 106 Å². The van der Waals surface area contributed by atoms with E-state index in [0.29, 0.717) is 0 Å². The maximum atomic E-state index is 10.6. The van der Waals surface area contributed by atoms with Crippen molar-refractivity contribution < 1.29 is 29.9 Å². The van der Waals surface area contributed by atoms with Crippen LogP contribution in [-0.2, 0) is 19.4 Å². The van der Waals surface area contributed by atoms with Gasteiger partial charge in [0.05, 0.1) is 0 Å². The Balaban J connectivity index is 3.19. The molecule has 0 spiro atoms. The molecule has 0 aliphatic carbocycles. The number of carbonyl (C=O) groups excluding carboxylic acids is 2. The molecule has 0 aliphatic heterocycles. The Bertz CT molecular complexity index is 261. The monoisotopic (exact) mass is 260 g/mol. The third-order valence-corrected chi connectivity index (χ3v) is 2.45. The van der Waals surface area contributed by atoms with Crippen molar-refractivity contribution in [3.05, 3.63) is 12.2 Å². The molecule has 0 aliphatic rings. The first-order valence-corrected chi connectivity index (χ1v) is 6.07. The van der Waals surface area contributed by atoms with Gasteiger partial charge in [0.1, 0.15) is 0 Å². The second-order valence-corrected chi connectivity index (χ2v) is 3.94. The molecule has 0 rings (SSSR count). The smallest absolute Gasteiger partial charge is 0.301 e. The van der Waals surface area contributed by atoms with Gasteiger partial charge in [-0.15, -0.1) is 0 Å². The number of rotatable bonds is 10. The van der Waals surface area contributed by atoms with E-state index < -0.39 is 11.9 Å². The third kappa shape index (κ3) is 11.1. The molecule has 0 aromatic carbocycles. The molecule has 0 amide bonds. The van der Waals surface area contributed by atoms with Gasteiger partial charge in [0.25, 0.3) is 0 Å². The van der Waals surface area contributed by atoms with Crippen LogP contribution in [0.15, 0.2) is 12.2 Å². The second-order valence-electron chi connectivity index (χ2n) is 3.94. The first-order valence-electron chi connectivity index (χ1n) is 6.07. The largest absolute Gasteiger partial charge is 0.365 e. The summed E-state index contributed by atoms with van der Waals surface area (Å²) in [4.78, 5) is 28.1. The summed E-state index contributed by atoms with van der Waals surface area (Å²) < 4.78 is 0. The van der Waals surface area contributed by atoms with Gasteiger partial charge in [0, 0.05) is 12.5 Å². The molecule has 6 nitrogen and oxygen atoms in total. The summed E-state index contributed by atoms with van der Waals surface area (Å²) in [6, 6.07) is 0. The normalized spacial score (nSPS) is 10.6. The Hall–Kier alpha value is -1.40. The fourth-order valence-electron chi connectivity index (χ4n) is 1.49. The first-order chi connectivity index (χ1) is 8.70. The van der Waals surface area contributed by atoms with Gasteiger partial charge in [0.2, 0.25) is 0 Å². The quantitative estimate of drug-likeness (QED) is 0.271. The van der Waals surface area contributed by atoms with Crippen LogP contribution in [0.2, 0.25) is 0 Å². The van der Waals surface area contributed by atoms with Crippen LogP contribution in [0.4, 0.5) is 0 Å². The van der Waals surface area contributed by atoms with E-state index in [0.717, 1.165) is 44.9 Å².